The van der Waals surface area contributed by atoms with E-state index in [1.807, 2.05) is 0 Å². The molecule has 0 aliphatic rings. The number of hydrogen-bond donors (Lipinski definition) is 2. The predicted molar refractivity (Wildman–Crippen MR) is 104 cm³/mol. The second-order valence-corrected chi connectivity index (χ2v) is 8.00. The third kappa shape index (κ3) is 6.78. The molecule has 0 aromatic heterocycles. The van der Waals surface area contributed by atoms with Gasteiger partial charge in [0, 0.05) is 19.3 Å². The van der Waals surface area contributed by atoms with Crippen LogP contribution in [-0.4, -0.2) is 41.2 Å². The predicted octanol–water partition coefficient (Wildman–Crippen LogP) is 3.30. The van der Waals surface area contributed by atoms with Crippen LogP contribution in [0.1, 0.15) is 5.56 Å². The van der Waals surface area contributed by atoms with Crippen LogP contribution in [0.4, 0.5) is 18.9 Å². The largest absolute Gasteiger partial charge is 0.482 e. The zero-order chi connectivity index (χ0) is 22.4. The van der Waals surface area contributed by atoms with Crippen molar-refractivity contribution in [2.24, 2.45) is 0 Å². The summed E-state index contributed by atoms with van der Waals surface area (Å²) in [5.74, 6) is -0.359. The summed E-state index contributed by atoms with van der Waals surface area (Å²) in [7, 11) is -2.73. The van der Waals surface area contributed by atoms with Gasteiger partial charge in [-0.3, -0.25) is 9.52 Å². The summed E-state index contributed by atoms with van der Waals surface area (Å²) in [4.78, 5) is 11.3. The van der Waals surface area contributed by atoms with E-state index >= 15 is 0 Å². The number of hydrogen-bond acceptors (Lipinski definition) is 5. The fraction of sp³-hybridized carbons (Fsp3) is 0.278. The molecule has 0 saturated heterocycles. The number of benzene rings is 2. The number of halogens is 4. The number of ether oxygens (including phenoxy) is 2. The van der Waals surface area contributed by atoms with Crippen molar-refractivity contribution in [3.63, 3.8) is 0 Å². The summed E-state index contributed by atoms with van der Waals surface area (Å²) in [6.45, 7) is 0.279. The number of alkyl halides is 3. The normalized spacial score (nSPS) is 11.8. The van der Waals surface area contributed by atoms with Gasteiger partial charge in [-0.15, -0.1) is 0 Å². The lowest BCUT2D eigenvalue weighted by molar-refractivity contribution is -0.137. The molecule has 2 aromatic carbocycles. The molecule has 2 rings (SSSR count). The van der Waals surface area contributed by atoms with Gasteiger partial charge in [-0.05, 0) is 36.4 Å². The standard InChI is InChI=1S/C18H18ClF3N2O5S/c1-28-8-7-23-17(25)11-29-16-6-5-14(10-15(16)19)30(26,27)24-13-4-2-3-12(9-13)18(20,21)22/h2-6,9-10,24H,7-8,11H2,1H3,(H,23,25). The molecule has 0 heterocycles. The van der Waals surface area contributed by atoms with Gasteiger partial charge in [0.05, 0.1) is 22.1 Å². The molecule has 12 heteroatoms. The molecule has 0 spiro atoms. The fourth-order valence-corrected chi connectivity index (χ4v) is 3.60. The van der Waals surface area contributed by atoms with E-state index in [1.54, 1.807) is 0 Å². The highest BCUT2D eigenvalue weighted by molar-refractivity contribution is 7.92. The Labute approximate surface area is 176 Å². The van der Waals surface area contributed by atoms with Crippen LogP contribution in [0.15, 0.2) is 47.4 Å². The Kier molecular flexibility index (Phi) is 7.93. The SMILES string of the molecule is COCCNC(=O)COc1ccc(S(=O)(=O)Nc2cccc(C(F)(F)F)c2)cc1Cl. The lowest BCUT2D eigenvalue weighted by atomic mass is 10.2. The van der Waals surface area contributed by atoms with Crippen LogP contribution in [0, 0.1) is 0 Å². The van der Waals surface area contributed by atoms with Gasteiger partial charge in [0.15, 0.2) is 6.61 Å². The summed E-state index contributed by atoms with van der Waals surface area (Å²) in [6.07, 6.45) is -4.61. The molecule has 2 aromatic rings. The summed E-state index contributed by atoms with van der Waals surface area (Å²) < 4.78 is 75.4. The Balaban J connectivity index is 2.08. The van der Waals surface area contributed by atoms with Crippen molar-refractivity contribution in [3.05, 3.63) is 53.1 Å². The van der Waals surface area contributed by atoms with Crippen molar-refractivity contribution in [2.45, 2.75) is 11.1 Å². The average molecular weight is 467 g/mol. The number of anilines is 1. The number of carbonyl (C=O) groups is 1. The van der Waals surface area contributed by atoms with Gasteiger partial charge in [-0.2, -0.15) is 13.2 Å². The molecule has 2 N–H and O–H groups in total. The Hall–Kier alpha value is -2.50. The minimum Gasteiger partial charge on any atom is -0.482 e. The third-order valence-electron chi connectivity index (χ3n) is 3.64. The Morgan fingerprint density at radius 3 is 2.53 bits per heavy atom. The maximum Gasteiger partial charge on any atom is 0.416 e. The molecular formula is C18H18ClF3N2O5S. The highest BCUT2D eigenvalue weighted by Crippen LogP contribution is 2.32. The van der Waals surface area contributed by atoms with E-state index < -0.39 is 27.7 Å². The number of rotatable bonds is 9. The first-order valence-corrected chi connectivity index (χ1v) is 10.3. The molecule has 0 aliphatic carbocycles. The van der Waals surface area contributed by atoms with Crippen LogP contribution < -0.4 is 14.8 Å². The summed E-state index contributed by atoms with van der Waals surface area (Å²) in [5.41, 5.74) is -1.25. The van der Waals surface area contributed by atoms with E-state index in [4.69, 9.17) is 21.1 Å². The molecule has 164 valence electrons. The Morgan fingerprint density at radius 2 is 1.90 bits per heavy atom. The van der Waals surface area contributed by atoms with E-state index in [2.05, 4.69) is 10.0 Å². The Bertz CT molecular complexity index is 1000. The summed E-state index contributed by atoms with van der Waals surface area (Å²) >= 11 is 6.02. The number of carbonyl (C=O) groups excluding carboxylic acids is 1. The average Bonchev–Trinajstić information content (AvgIpc) is 2.66. The smallest absolute Gasteiger partial charge is 0.416 e. The summed E-state index contributed by atoms with van der Waals surface area (Å²) in [6, 6.07) is 7.24. The maximum atomic E-state index is 12.8. The van der Waals surface area contributed by atoms with Gasteiger partial charge in [-0.25, -0.2) is 8.42 Å². The highest BCUT2D eigenvalue weighted by Gasteiger charge is 2.30. The van der Waals surface area contributed by atoms with Gasteiger partial charge in [0.25, 0.3) is 15.9 Å². The van der Waals surface area contributed by atoms with Crippen LogP contribution in [-0.2, 0) is 25.7 Å². The molecule has 7 nitrogen and oxygen atoms in total. The second kappa shape index (κ2) is 10.0. The van der Waals surface area contributed by atoms with Crippen LogP contribution in [0.5, 0.6) is 5.75 Å². The molecule has 1 amide bonds. The molecule has 0 unspecified atom stereocenters. The maximum absolute atomic E-state index is 12.8. The van der Waals surface area contributed by atoms with Gasteiger partial charge >= 0.3 is 6.18 Å². The zero-order valence-electron chi connectivity index (χ0n) is 15.6. The second-order valence-electron chi connectivity index (χ2n) is 5.91. The molecule has 0 bridgehead atoms. The third-order valence-corrected chi connectivity index (χ3v) is 5.32. The van der Waals surface area contributed by atoms with E-state index in [1.165, 1.54) is 19.2 Å². The van der Waals surface area contributed by atoms with Crippen LogP contribution in [0.3, 0.4) is 0 Å². The van der Waals surface area contributed by atoms with Gasteiger partial charge < -0.3 is 14.8 Å². The number of methoxy groups -OCH3 is 1. The van der Waals surface area contributed by atoms with Crippen LogP contribution >= 0.6 is 11.6 Å². The molecule has 0 fully saturated rings. The van der Waals surface area contributed by atoms with Gasteiger partial charge in [-0.1, -0.05) is 17.7 Å². The number of nitrogens with one attached hydrogen (secondary N) is 2. The zero-order valence-corrected chi connectivity index (χ0v) is 17.2. The van der Waals surface area contributed by atoms with Crippen molar-refractivity contribution < 1.29 is 35.9 Å². The molecule has 0 atom stereocenters. The summed E-state index contributed by atoms with van der Waals surface area (Å²) in [5, 5.41) is 2.44. The van der Waals surface area contributed by atoms with Crippen molar-refractivity contribution in [2.75, 3.05) is 31.6 Å². The van der Waals surface area contributed by atoms with Crippen LogP contribution in [0.2, 0.25) is 5.02 Å². The lowest BCUT2D eigenvalue weighted by Crippen LogP contribution is -2.31. The number of amides is 1. The quantitative estimate of drug-likeness (QED) is 0.553. The molecule has 0 aliphatic heterocycles. The molecular weight excluding hydrogens is 449 g/mol. The topological polar surface area (TPSA) is 93.7 Å². The monoisotopic (exact) mass is 466 g/mol. The molecule has 0 radical (unpaired) electrons. The minimum absolute atomic E-state index is 0.0663. The van der Waals surface area contributed by atoms with E-state index in [9.17, 15) is 26.4 Å². The number of sulfonamides is 1. The molecule has 30 heavy (non-hydrogen) atoms. The first-order valence-electron chi connectivity index (χ1n) is 8.41. The van der Waals surface area contributed by atoms with Crippen molar-refractivity contribution in [3.8, 4) is 5.75 Å². The first-order chi connectivity index (χ1) is 14.0. The van der Waals surface area contributed by atoms with E-state index in [0.29, 0.717) is 19.2 Å². The van der Waals surface area contributed by atoms with Gasteiger partial charge in [0.1, 0.15) is 5.75 Å². The van der Waals surface area contributed by atoms with Crippen molar-refractivity contribution in [1.82, 2.24) is 5.32 Å². The van der Waals surface area contributed by atoms with Crippen LogP contribution in [0.25, 0.3) is 0 Å². The van der Waals surface area contributed by atoms with E-state index in [-0.39, 0.29) is 28.0 Å². The lowest BCUT2D eigenvalue weighted by Gasteiger charge is -2.13. The Morgan fingerprint density at radius 1 is 1.17 bits per heavy atom. The van der Waals surface area contributed by atoms with Crippen molar-refractivity contribution >= 4 is 33.2 Å². The first kappa shape index (κ1) is 23.8. The highest BCUT2D eigenvalue weighted by atomic mass is 35.5. The van der Waals surface area contributed by atoms with Gasteiger partial charge in [0.2, 0.25) is 0 Å². The fourth-order valence-electron chi connectivity index (χ4n) is 2.23. The molecule has 0 saturated carbocycles. The van der Waals surface area contributed by atoms with E-state index in [0.717, 1.165) is 24.3 Å². The van der Waals surface area contributed by atoms with Crippen molar-refractivity contribution in [1.29, 1.82) is 0 Å². The minimum atomic E-state index is -4.61.